The molecule has 4 rings (SSSR count). The number of carbonyl (C=O) groups excluding carboxylic acids is 2. The predicted molar refractivity (Wildman–Crippen MR) is 152 cm³/mol. The Balaban J connectivity index is 1.32. The zero-order chi connectivity index (χ0) is 28.5. The van der Waals surface area contributed by atoms with Crippen molar-refractivity contribution in [1.82, 2.24) is 10.6 Å². The molecule has 0 heterocycles. The van der Waals surface area contributed by atoms with Crippen molar-refractivity contribution in [2.45, 2.75) is 122 Å². The van der Waals surface area contributed by atoms with Crippen LogP contribution in [0.3, 0.4) is 0 Å². The molecule has 9 nitrogen and oxygen atoms in total. The Hall–Kier alpha value is -1.26. The molecule has 0 bridgehead atoms. The number of nitrogens with two attached hydrogens (primary N) is 3. The molecule has 11 atom stereocenters. The number of rotatable bonds is 10. The van der Waals surface area contributed by atoms with Crippen LogP contribution in [0.25, 0.3) is 0 Å². The van der Waals surface area contributed by atoms with Crippen molar-refractivity contribution < 1.29 is 19.8 Å². The van der Waals surface area contributed by atoms with Crippen LogP contribution in [0.2, 0.25) is 0 Å². The summed E-state index contributed by atoms with van der Waals surface area (Å²) >= 11 is 0. The van der Waals surface area contributed by atoms with E-state index in [2.05, 4.69) is 24.5 Å². The Morgan fingerprint density at radius 2 is 1.77 bits per heavy atom. The van der Waals surface area contributed by atoms with E-state index in [0.717, 1.165) is 32.1 Å². The van der Waals surface area contributed by atoms with Crippen molar-refractivity contribution >= 4 is 11.8 Å². The summed E-state index contributed by atoms with van der Waals surface area (Å²) in [6.07, 6.45) is 9.83. The predicted octanol–water partition coefficient (Wildman–Crippen LogP) is 1.93. The lowest BCUT2D eigenvalue weighted by Gasteiger charge is -2.60. The molecule has 0 saturated heterocycles. The van der Waals surface area contributed by atoms with E-state index in [-0.39, 0.29) is 36.1 Å². The first-order chi connectivity index (χ1) is 18.3. The number of hydrogen-bond donors (Lipinski definition) is 7. The molecular weight excluding hydrogens is 494 g/mol. The SMILES string of the molecule is CC(CCC(=O)NC(CCC(C)(N)N)C(=O)NCN)C1CCC2C1CCC1C2C(O)CC2CC(O)CCC21C. The van der Waals surface area contributed by atoms with Gasteiger partial charge in [0.25, 0.3) is 0 Å². The average molecular weight is 550 g/mol. The Kier molecular flexibility index (Phi) is 9.69. The number of aliphatic hydroxyl groups excluding tert-OH is 2. The normalized spacial score (nSPS) is 39.6. The fraction of sp³-hybridized carbons (Fsp3) is 0.933. The van der Waals surface area contributed by atoms with Gasteiger partial charge in [-0.05, 0) is 124 Å². The molecule has 2 amide bonds. The summed E-state index contributed by atoms with van der Waals surface area (Å²) in [4.78, 5) is 25.3. The number of aliphatic hydroxyl groups is 2. The third-order valence-electron chi connectivity index (χ3n) is 11.5. The Bertz CT molecular complexity index is 865. The molecule has 0 aromatic carbocycles. The second-order valence-electron chi connectivity index (χ2n) is 14.2. The minimum atomic E-state index is -0.916. The molecule has 224 valence electrons. The second-order valence-corrected chi connectivity index (χ2v) is 14.2. The summed E-state index contributed by atoms with van der Waals surface area (Å²) in [7, 11) is 0. The molecule has 0 radical (unpaired) electrons. The van der Waals surface area contributed by atoms with Crippen LogP contribution >= 0.6 is 0 Å². The molecular formula is C30H55N5O4. The second kappa shape index (κ2) is 12.3. The fourth-order valence-corrected chi connectivity index (χ4v) is 9.42. The standard InChI is InChI=1S/C30H55N5O4/c1-17(4-9-26(38)35-24(28(39)34-16-31)11-13-30(3,32)33)20-5-6-22-21(20)7-8-23-27(22)25(37)15-18-14-19(36)10-12-29(18,23)2/h17-25,27,36-37H,4-16,31-33H2,1-3H3,(H,34,39)(H,35,38). The van der Waals surface area contributed by atoms with Gasteiger partial charge < -0.3 is 38.0 Å². The van der Waals surface area contributed by atoms with Gasteiger partial charge in [-0.15, -0.1) is 0 Å². The highest BCUT2D eigenvalue weighted by atomic mass is 16.3. The van der Waals surface area contributed by atoms with Crippen molar-refractivity contribution in [1.29, 1.82) is 0 Å². The number of nitrogens with one attached hydrogen (secondary N) is 2. The van der Waals surface area contributed by atoms with E-state index in [1.807, 2.05) is 0 Å². The highest BCUT2D eigenvalue weighted by Gasteiger charge is 2.59. The van der Waals surface area contributed by atoms with Gasteiger partial charge in [-0.25, -0.2) is 0 Å². The van der Waals surface area contributed by atoms with Gasteiger partial charge in [-0.3, -0.25) is 9.59 Å². The lowest BCUT2D eigenvalue weighted by molar-refractivity contribution is -0.158. The van der Waals surface area contributed by atoms with E-state index in [1.165, 1.54) is 25.7 Å². The Labute approximate surface area is 234 Å². The van der Waals surface area contributed by atoms with E-state index >= 15 is 0 Å². The smallest absolute Gasteiger partial charge is 0.243 e. The van der Waals surface area contributed by atoms with Crippen molar-refractivity contribution in [3.8, 4) is 0 Å². The van der Waals surface area contributed by atoms with Gasteiger partial charge in [0, 0.05) is 6.42 Å². The minimum absolute atomic E-state index is 0.00724. The van der Waals surface area contributed by atoms with E-state index < -0.39 is 11.7 Å². The highest BCUT2D eigenvalue weighted by Crippen LogP contribution is 2.64. The topological polar surface area (TPSA) is 177 Å². The third kappa shape index (κ3) is 6.80. The van der Waals surface area contributed by atoms with Gasteiger partial charge in [-0.1, -0.05) is 13.8 Å². The maximum Gasteiger partial charge on any atom is 0.243 e. The summed E-state index contributed by atoms with van der Waals surface area (Å²) in [6, 6.07) is -0.701. The van der Waals surface area contributed by atoms with Crippen LogP contribution in [0.4, 0.5) is 0 Å². The average Bonchev–Trinajstić information content (AvgIpc) is 3.30. The van der Waals surface area contributed by atoms with Gasteiger partial charge in [-0.2, -0.15) is 0 Å². The van der Waals surface area contributed by atoms with Gasteiger partial charge in [0.2, 0.25) is 11.8 Å². The number of fused-ring (bicyclic) bond motifs is 5. The van der Waals surface area contributed by atoms with E-state index in [1.54, 1.807) is 6.92 Å². The molecule has 39 heavy (non-hydrogen) atoms. The van der Waals surface area contributed by atoms with Crippen molar-refractivity contribution in [3.05, 3.63) is 0 Å². The van der Waals surface area contributed by atoms with E-state index in [9.17, 15) is 19.8 Å². The maximum atomic E-state index is 12.9. The molecule has 0 spiro atoms. The molecule has 4 aliphatic rings. The van der Waals surface area contributed by atoms with Crippen molar-refractivity contribution in [2.75, 3.05) is 6.67 Å². The monoisotopic (exact) mass is 549 g/mol. The first-order valence-electron chi connectivity index (χ1n) is 15.5. The molecule has 4 fully saturated rings. The summed E-state index contributed by atoms with van der Waals surface area (Å²) in [5.41, 5.74) is 16.6. The quantitative estimate of drug-likeness (QED) is 0.204. The molecule has 0 aliphatic heterocycles. The summed E-state index contributed by atoms with van der Waals surface area (Å²) < 4.78 is 0. The number of hydrogen-bond acceptors (Lipinski definition) is 7. The summed E-state index contributed by atoms with van der Waals surface area (Å²) in [5.74, 6) is 3.08. The van der Waals surface area contributed by atoms with Crippen LogP contribution in [0.5, 0.6) is 0 Å². The summed E-state index contributed by atoms with van der Waals surface area (Å²) in [6.45, 7) is 6.43. The summed E-state index contributed by atoms with van der Waals surface area (Å²) in [5, 5.41) is 27.1. The van der Waals surface area contributed by atoms with E-state index in [4.69, 9.17) is 17.2 Å². The third-order valence-corrected chi connectivity index (χ3v) is 11.5. The van der Waals surface area contributed by atoms with Gasteiger partial charge in [0.15, 0.2) is 0 Å². The van der Waals surface area contributed by atoms with Crippen LogP contribution in [-0.4, -0.2) is 52.6 Å². The van der Waals surface area contributed by atoms with Crippen LogP contribution < -0.4 is 27.8 Å². The first-order valence-corrected chi connectivity index (χ1v) is 15.5. The van der Waals surface area contributed by atoms with Crippen LogP contribution in [0.1, 0.15) is 97.8 Å². The maximum absolute atomic E-state index is 12.9. The Morgan fingerprint density at radius 1 is 1.05 bits per heavy atom. The van der Waals surface area contributed by atoms with E-state index in [0.29, 0.717) is 60.7 Å². The van der Waals surface area contributed by atoms with Crippen molar-refractivity contribution in [3.63, 3.8) is 0 Å². The lowest BCUT2D eigenvalue weighted by atomic mass is 9.46. The van der Waals surface area contributed by atoms with Crippen molar-refractivity contribution in [2.24, 2.45) is 64.0 Å². The first kappa shape index (κ1) is 30.7. The van der Waals surface area contributed by atoms with Gasteiger partial charge >= 0.3 is 0 Å². The zero-order valence-corrected chi connectivity index (χ0v) is 24.4. The highest BCUT2D eigenvalue weighted by molar-refractivity contribution is 5.87. The van der Waals surface area contributed by atoms with Crippen LogP contribution in [0.15, 0.2) is 0 Å². The van der Waals surface area contributed by atoms with Gasteiger partial charge in [0.05, 0.1) is 24.5 Å². The number of carbonyl (C=O) groups is 2. The van der Waals surface area contributed by atoms with Gasteiger partial charge in [0.1, 0.15) is 6.04 Å². The lowest BCUT2D eigenvalue weighted by Crippen LogP contribution is -2.56. The molecule has 4 aliphatic carbocycles. The number of amides is 2. The molecule has 11 unspecified atom stereocenters. The fourth-order valence-electron chi connectivity index (χ4n) is 9.42. The largest absolute Gasteiger partial charge is 0.393 e. The molecule has 0 aromatic heterocycles. The molecule has 10 N–H and O–H groups in total. The molecule has 4 saturated carbocycles. The molecule has 9 heteroatoms. The Morgan fingerprint density at radius 3 is 2.46 bits per heavy atom. The zero-order valence-electron chi connectivity index (χ0n) is 24.4. The molecule has 0 aromatic rings. The van der Waals surface area contributed by atoms with Crippen LogP contribution in [-0.2, 0) is 9.59 Å². The van der Waals surface area contributed by atoms with Crippen LogP contribution in [0, 0.1) is 46.8 Å². The minimum Gasteiger partial charge on any atom is -0.393 e.